The number of nitrogens with zero attached hydrogens (tertiary/aromatic N) is 3. The SMILES string of the molecule is Cn1nc(Br)nc1Nc1cc(C(F)(F)F)ccc1F. The van der Waals surface area contributed by atoms with E-state index < -0.39 is 17.6 Å². The number of aromatic nitrogens is 3. The third kappa shape index (κ3) is 3.03. The van der Waals surface area contributed by atoms with Gasteiger partial charge in [-0.3, -0.25) is 0 Å². The molecule has 0 saturated carbocycles. The van der Waals surface area contributed by atoms with Crippen LogP contribution in [0.5, 0.6) is 0 Å². The molecule has 0 aliphatic carbocycles. The molecule has 0 bridgehead atoms. The van der Waals surface area contributed by atoms with Gasteiger partial charge in [-0.25, -0.2) is 9.07 Å². The Morgan fingerprint density at radius 2 is 2.00 bits per heavy atom. The van der Waals surface area contributed by atoms with E-state index in [1.165, 1.54) is 11.7 Å². The predicted octanol–water partition coefficient (Wildman–Crippen LogP) is 3.48. The maximum atomic E-state index is 13.5. The van der Waals surface area contributed by atoms with Crippen molar-refractivity contribution in [2.45, 2.75) is 6.18 Å². The molecule has 9 heteroatoms. The molecular weight excluding hydrogens is 332 g/mol. The van der Waals surface area contributed by atoms with Crippen molar-refractivity contribution >= 4 is 27.6 Å². The van der Waals surface area contributed by atoms with Crippen LogP contribution < -0.4 is 5.32 Å². The van der Waals surface area contributed by atoms with Crippen LogP contribution in [0.4, 0.5) is 29.2 Å². The van der Waals surface area contributed by atoms with E-state index in [0.29, 0.717) is 12.1 Å². The minimum absolute atomic E-state index is 0.116. The predicted molar refractivity (Wildman–Crippen MR) is 63.4 cm³/mol. The molecule has 0 aliphatic heterocycles. The van der Waals surface area contributed by atoms with Crippen molar-refractivity contribution in [1.82, 2.24) is 14.8 Å². The van der Waals surface area contributed by atoms with Crippen molar-refractivity contribution in [3.8, 4) is 0 Å². The van der Waals surface area contributed by atoms with Crippen molar-refractivity contribution in [2.24, 2.45) is 7.05 Å². The smallest absolute Gasteiger partial charge is 0.322 e. The van der Waals surface area contributed by atoms with E-state index in [-0.39, 0.29) is 16.4 Å². The largest absolute Gasteiger partial charge is 0.416 e. The van der Waals surface area contributed by atoms with Crippen molar-refractivity contribution < 1.29 is 17.6 Å². The number of halogens is 5. The zero-order valence-electron chi connectivity index (χ0n) is 9.46. The molecule has 2 aromatic rings. The van der Waals surface area contributed by atoms with Gasteiger partial charge in [-0.1, -0.05) is 0 Å². The Balaban J connectivity index is 2.37. The first kappa shape index (κ1) is 13.8. The average Bonchev–Trinajstić information content (AvgIpc) is 2.59. The number of hydrogen-bond acceptors (Lipinski definition) is 3. The molecule has 1 heterocycles. The molecule has 1 aromatic heterocycles. The fourth-order valence-corrected chi connectivity index (χ4v) is 1.79. The molecule has 0 aliphatic rings. The van der Waals surface area contributed by atoms with Crippen LogP contribution in [0.2, 0.25) is 0 Å². The van der Waals surface area contributed by atoms with Gasteiger partial charge in [0, 0.05) is 7.05 Å². The van der Waals surface area contributed by atoms with Gasteiger partial charge in [0.2, 0.25) is 10.7 Å². The fraction of sp³-hybridized carbons (Fsp3) is 0.200. The summed E-state index contributed by atoms with van der Waals surface area (Å²) in [6.07, 6.45) is -4.54. The van der Waals surface area contributed by atoms with Gasteiger partial charge in [0.1, 0.15) is 5.82 Å². The molecule has 4 nitrogen and oxygen atoms in total. The highest BCUT2D eigenvalue weighted by Gasteiger charge is 2.31. The van der Waals surface area contributed by atoms with Crippen molar-refractivity contribution in [3.05, 3.63) is 34.3 Å². The monoisotopic (exact) mass is 338 g/mol. The second kappa shape index (κ2) is 4.80. The van der Waals surface area contributed by atoms with Gasteiger partial charge in [0.15, 0.2) is 0 Å². The molecule has 1 N–H and O–H groups in total. The highest BCUT2D eigenvalue weighted by atomic mass is 79.9. The van der Waals surface area contributed by atoms with Gasteiger partial charge in [-0.05, 0) is 34.1 Å². The highest BCUT2D eigenvalue weighted by molar-refractivity contribution is 9.10. The summed E-state index contributed by atoms with van der Waals surface area (Å²) in [4.78, 5) is 3.85. The van der Waals surface area contributed by atoms with Crippen molar-refractivity contribution in [3.63, 3.8) is 0 Å². The van der Waals surface area contributed by atoms with E-state index in [4.69, 9.17) is 0 Å². The van der Waals surface area contributed by atoms with Crippen LogP contribution >= 0.6 is 15.9 Å². The summed E-state index contributed by atoms with van der Waals surface area (Å²) < 4.78 is 52.6. The normalized spacial score (nSPS) is 11.7. The second-order valence-corrected chi connectivity index (χ2v) is 4.35. The Kier molecular flexibility index (Phi) is 3.48. The summed E-state index contributed by atoms with van der Waals surface area (Å²) in [5.74, 6) is -0.697. The van der Waals surface area contributed by atoms with Crippen LogP contribution in [0.15, 0.2) is 22.9 Å². The lowest BCUT2D eigenvalue weighted by atomic mass is 10.2. The number of aryl methyl sites for hydroxylation is 1. The van der Waals surface area contributed by atoms with Gasteiger partial charge in [-0.15, -0.1) is 5.10 Å². The van der Waals surface area contributed by atoms with Gasteiger partial charge in [-0.2, -0.15) is 18.2 Å². The van der Waals surface area contributed by atoms with E-state index >= 15 is 0 Å². The first-order valence-electron chi connectivity index (χ1n) is 4.97. The molecule has 0 fully saturated rings. The quantitative estimate of drug-likeness (QED) is 0.852. The van der Waals surface area contributed by atoms with Gasteiger partial charge >= 0.3 is 6.18 Å². The van der Waals surface area contributed by atoms with E-state index in [0.717, 1.165) is 6.07 Å². The molecule has 0 spiro atoms. The Hall–Kier alpha value is -1.64. The molecule has 19 heavy (non-hydrogen) atoms. The molecule has 0 radical (unpaired) electrons. The summed E-state index contributed by atoms with van der Waals surface area (Å²) in [6.45, 7) is 0. The van der Waals surface area contributed by atoms with Crippen molar-refractivity contribution in [1.29, 1.82) is 0 Å². The van der Waals surface area contributed by atoms with Crippen molar-refractivity contribution in [2.75, 3.05) is 5.32 Å². The van der Waals surface area contributed by atoms with E-state index in [1.54, 1.807) is 0 Å². The highest BCUT2D eigenvalue weighted by Crippen LogP contribution is 2.32. The fourth-order valence-electron chi connectivity index (χ4n) is 1.38. The van der Waals surface area contributed by atoms with Crippen LogP contribution in [-0.4, -0.2) is 14.8 Å². The number of nitrogens with one attached hydrogen (secondary N) is 1. The number of alkyl halides is 3. The summed E-state index contributed by atoms with van der Waals surface area (Å²) in [5, 5.41) is 6.28. The molecular formula is C10H7BrF4N4. The van der Waals surface area contributed by atoms with Crippen LogP contribution in [0, 0.1) is 5.82 Å². The van der Waals surface area contributed by atoms with Crippen LogP contribution in [0.3, 0.4) is 0 Å². The van der Waals surface area contributed by atoms with Crippen LogP contribution in [0.25, 0.3) is 0 Å². The first-order valence-corrected chi connectivity index (χ1v) is 5.77. The summed E-state index contributed by atoms with van der Waals surface area (Å²) in [5.41, 5.74) is -1.27. The number of hydrogen-bond donors (Lipinski definition) is 1. The zero-order valence-corrected chi connectivity index (χ0v) is 11.0. The second-order valence-electron chi connectivity index (χ2n) is 3.65. The minimum atomic E-state index is -4.54. The summed E-state index contributed by atoms with van der Waals surface area (Å²) in [7, 11) is 1.52. The lowest BCUT2D eigenvalue weighted by molar-refractivity contribution is -0.137. The zero-order chi connectivity index (χ0) is 14.2. The maximum absolute atomic E-state index is 13.5. The molecule has 0 amide bonds. The van der Waals surface area contributed by atoms with E-state index in [1.807, 2.05) is 0 Å². The Bertz CT molecular complexity index is 608. The molecule has 0 saturated heterocycles. The maximum Gasteiger partial charge on any atom is 0.416 e. The summed E-state index contributed by atoms with van der Waals surface area (Å²) in [6, 6.07) is 2.10. The summed E-state index contributed by atoms with van der Waals surface area (Å²) >= 11 is 3.00. The van der Waals surface area contributed by atoms with E-state index in [9.17, 15) is 17.6 Å². The van der Waals surface area contributed by atoms with Crippen LogP contribution in [-0.2, 0) is 13.2 Å². The minimum Gasteiger partial charge on any atom is -0.322 e. The average molecular weight is 339 g/mol. The Morgan fingerprint density at radius 3 is 2.53 bits per heavy atom. The van der Waals surface area contributed by atoms with E-state index in [2.05, 4.69) is 31.3 Å². The molecule has 0 atom stereocenters. The molecule has 0 unspecified atom stereocenters. The van der Waals surface area contributed by atoms with Gasteiger partial charge < -0.3 is 5.32 Å². The Morgan fingerprint density at radius 1 is 1.32 bits per heavy atom. The number of benzene rings is 1. The number of anilines is 2. The molecule has 2 rings (SSSR count). The van der Waals surface area contributed by atoms with Crippen LogP contribution in [0.1, 0.15) is 5.56 Å². The number of rotatable bonds is 2. The lowest BCUT2D eigenvalue weighted by Gasteiger charge is -2.10. The molecule has 1 aromatic carbocycles. The van der Waals surface area contributed by atoms with Gasteiger partial charge in [0.25, 0.3) is 0 Å². The Labute approximate surface area is 113 Å². The topological polar surface area (TPSA) is 42.7 Å². The first-order chi connectivity index (χ1) is 8.77. The third-order valence-corrected chi connectivity index (χ3v) is 2.61. The standard InChI is InChI=1S/C10H7BrF4N4/c1-19-9(17-8(11)18-19)16-7-4-5(10(13,14)15)2-3-6(7)12/h2-4H,1H3,(H,16,17,18). The van der Waals surface area contributed by atoms with Gasteiger partial charge in [0.05, 0.1) is 11.3 Å². The molecule has 102 valence electrons. The lowest BCUT2D eigenvalue weighted by Crippen LogP contribution is -2.07. The third-order valence-electron chi connectivity index (χ3n) is 2.28.